The maximum Gasteiger partial charge on any atom is 0.269 e. The quantitative estimate of drug-likeness (QED) is 0.447. The van der Waals surface area contributed by atoms with Gasteiger partial charge in [0.2, 0.25) is 0 Å². The van der Waals surface area contributed by atoms with Crippen LogP contribution in [0.2, 0.25) is 0 Å². The van der Waals surface area contributed by atoms with Gasteiger partial charge in [-0.3, -0.25) is 4.79 Å². The van der Waals surface area contributed by atoms with Crippen molar-refractivity contribution in [1.29, 1.82) is 0 Å². The van der Waals surface area contributed by atoms with Gasteiger partial charge in [0.25, 0.3) is 5.56 Å². The summed E-state index contributed by atoms with van der Waals surface area (Å²) in [4.78, 5) is 20.6. The Morgan fingerprint density at radius 3 is 2.18 bits per heavy atom. The third-order valence-corrected chi connectivity index (χ3v) is 5.10. The molecule has 0 aliphatic carbocycles. The van der Waals surface area contributed by atoms with E-state index in [9.17, 15) is 4.79 Å². The Morgan fingerprint density at radius 1 is 0.821 bits per heavy atom. The second-order valence-electron chi connectivity index (χ2n) is 7.39. The van der Waals surface area contributed by atoms with Crippen LogP contribution in [0.1, 0.15) is 62.4 Å². The maximum absolute atomic E-state index is 12.7. The number of benzene rings is 2. The van der Waals surface area contributed by atoms with Crippen LogP contribution in [0.5, 0.6) is 0 Å². The average molecular weight is 375 g/mol. The number of aryl methyl sites for hydroxylation is 1. The fourth-order valence-electron chi connectivity index (χ4n) is 3.53. The van der Waals surface area contributed by atoms with Crippen LogP contribution >= 0.6 is 0 Å². The smallest absolute Gasteiger partial charge is 0.269 e. The minimum Gasteiger partial charge on any atom is -0.322 e. The molecule has 3 nitrogen and oxygen atoms in total. The second kappa shape index (κ2) is 10.6. The number of rotatable bonds is 10. The summed E-state index contributed by atoms with van der Waals surface area (Å²) in [5, 5.41) is 0. The van der Waals surface area contributed by atoms with Crippen LogP contribution in [0.4, 0.5) is 0 Å². The first-order chi connectivity index (χ1) is 13.8. The molecule has 0 amide bonds. The van der Waals surface area contributed by atoms with Crippen molar-refractivity contribution in [2.45, 2.75) is 58.3 Å². The zero-order valence-electron chi connectivity index (χ0n) is 16.8. The number of aromatic nitrogens is 2. The molecular formula is C25H30N2O. The first-order valence-electron chi connectivity index (χ1n) is 10.5. The number of hydrogen-bond acceptors (Lipinski definition) is 2. The van der Waals surface area contributed by atoms with Crippen molar-refractivity contribution < 1.29 is 0 Å². The van der Waals surface area contributed by atoms with Crippen LogP contribution in [0.3, 0.4) is 0 Å². The van der Waals surface area contributed by atoms with Crippen LogP contribution in [0.15, 0.2) is 65.5 Å². The van der Waals surface area contributed by atoms with Gasteiger partial charge in [0, 0.05) is 17.7 Å². The van der Waals surface area contributed by atoms with Gasteiger partial charge in [-0.15, -0.1) is 0 Å². The minimum absolute atomic E-state index is 0.0424. The maximum atomic E-state index is 12.7. The number of hydrogen-bond donors (Lipinski definition) is 1. The summed E-state index contributed by atoms with van der Waals surface area (Å²) in [6.07, 6.45) is 8.67. The molecule has 2 aromatic carbocycles. The molecule has 0 aliphatic heterocycles. The van der Waals surface area contributed by atoms with Crippen molar-refractivity contribution in [1.82, 2.24) is 9.97 Å². The summed E-state index contributed by atoms with van der Waals surface area (Å²) in [5.41, 5.74) is 4.61. The molecule has 0 atom stereocenters. The molecule has 0 spiro atoms. The van der Waals surface area contributed by atoms with Crippen LogP contribution < -0.4 is 5.56 Å². The van der Waals surface area contributed by atoms with Crippen LogP contribution in [-0.2, 0) is 12.8 Å². The molecule has 146 valence electrons. The largest absolute Gasteiger partial charge is 0.322 e. The minimum atomic E-state index is -0.0424. The van der Waals surface area contributed by atoms with Gasteiger partial charge in [-0.2, -0.15) is 0 Å². The van der Waals surface area contributed by atoms with Crippen molar-refractivity contribution in [2.24, 2.45) is 0 Å². The highest BCUT2D eigenvalue weighted by Crippen LogP contribution is 2.22. The van der Waals surface area contributed by atoms with Gasteiger partial charge in [-0.05, 0) is 18.4 Å². The molecule has 0 fully saturated rings. The number of nitrogens with one attached hydrogen (secondary N) is 1. The lowest BCUT2D eigenvalue weighted by molar-refractivity contribution is 0.603. The van der Waals surface area contributed by atoms with E-state index >= 15 is 0 Å². The van der Waals surface area contributed by atoms with Crippen molar-refractivity contribution >= 4 is 0 Å². The van der Waals surface area contributed by atoms with E-state index < -0.39 is 0 Å². The molecule has 1 N–H and O–H groups in total. The lowest BCUT2D eigenvalue weighted by Gasteiger charge is -2.11. The molecule has 1 heterocycles. The lowest BCUT2D eigenvalue weighted by atomic mass is 10.0. The van der Waals surface area contributed by atoms with E-state index in [1.165, 1.54) is 31.2 Å². The Balaban J connectivity index is 1.82. The SMILES string of the molecule is CCCCCCCCc1nc(-c2ccccc2)c(Cc2ccccc2)[nH]c1=O. The summed E-state index contributed by atoms with van der Waals surface area (Å²) in [6.45, 7) is 2.23. The number of aromatic amines is 1. The molecule has 0 saturated heterocycles. The van der Waals surface area contributed by atoms with Gasteiger partial charge >= 0.3 is 0 Å². The summed E-state index contributed by atoms with van der Waals surface area (Å²) in [7, 11) is 0. The standard InChI is InChI=1S/C25H30N2O/c1-2-3-4-5-6-13-18-22-25(28)27-23(19-20-14-9-7-10-15-20)24(26-22)21-16-11-8-12-17-21/h7-12,14-17H,2-6,13,18-19H2,1H3,(H,27,28). The van der Waals surface area contributed by atoms with E-state index in [0.717, 1.165) is 36.2 Å². The number of unbranched alkanes of at least 4 members (excludes halogenated alkanes) is 5. The molecule has 0 radical (unpaired) electrons. The van der Waals surface area contributed by atoms with Gasteiger partial charge in [0.15, 0.2) is 0 Å². The predicted molar refractivity (Wildman–Crippen MR) is 117 cm³/mol. The van der Waals surface area contributed by atoms with Gasteiger partial charge in [0.05, 0.1) is 5.69 Å². The van der Waals surface area contributed by atoms with E-state index in [4.69, 9.17) is 4.98 Å². The average Bonchev–Trinajstić information content (AvgIpc) is 2.73. The first-order valence-corrected chi connectivity index (χ1v) is 10.5. The Kier molecular flexibility index (Phi) is 7.60. The molecule has 0 saturated carbocycles. The van der Waals surface area contributed by atoms with E-state index in [-0.39, 0.29) is 5.56 Å². The predicted octanol–water partition coefficient (Wildman–Crippen LogP) is 5.93. The van der Waals surface area contributed by atoms with Crippen LogP contribution in [-0.4, -0.2) is 9.97 Å². The Bertz CT molecular complexity index is 901. The molecule has 28 heavy (non-hydrogen) atoms. The highest BCUT2D eigenvalue weighted by atomic mass is 16.1. The molecule has 0 bridgehead atoms. The van der Waals surface area contributed by atoms with E-state index in [0.29, 0.717) is 12.1 Å². The topological polar surface area (TPSA) is 45.8 Å². The highest BCUT2D eigenvalue weighted by Gasteiger charge is 2.13. The Hall–Kier alpha value is -2.68. The van der Waals surface area contributed by atoms with Crippen molar-refractivity contribution in [3.05, 3.63) is 88.0 Å². The molecular weight excluding hydrogens is 344 g/mol. The van der Waals surface area contributed by atoms with Crippen molar-refractivity contribution in [3.8, 4) is 11.3 Å². The molecule has 0 unspecified atom stereocenters. The summed E-state index contributed by atoms with van der Waals surface area (Å²) >= 11 is 0. The fraction of sp³-hybridized carbons (Fsp3) is 0.360. The number of nitrogens with zero attached hydrogens (tertiary/aromatic N) is 1. The fourth-order valence-corrected chi connectivity index (χ4v) is 3.53. The molecule has 3 heteroatoms. The third-order valence-electron chi connectivity index (χ3n) is 5.10. The second-order valence-corrected chi connectivity index (χ2v) is 7.39. The van der Waals surface area contributed by atoms with Crippen LogP contribution in [0, 0.1) is 0 Å². The zero-order chi connectivity index (χ0) is 19.6. The third kappa shape index (κ3) is 5.66. The van der Waals surface area contributed by atoms with Gasteiger partial charge in [-0.1, -0.05) is 99.7 Å². The molecule has 3 rings (SSSR count). The van der Waals surface area contributed by atoms with Crippen molar-refractivity contribution in [3.63, 3.8) is 0 Å². The van der Waals surface area contributed by atoms with E-state index in [1.54, 1.807) is 0 Å². The summed E-state index contributed by atoms with van der Waals surface area (Å²) in [5.74, 6) is 0. The number of H-pyrrole nitrogens is 1. The molecule has 1 aromatic heterocycles. The summed E-state index contributed by atoms with van der Waals surface area (Å²) < 4.78 is 0. The van der Waals surface area contributed by atoms with E-state index in [2.05, 4.69) is 36.2 Å². The van der Waals surface area contributed by atoms with Gasteiger partial charge in [-0.25, -0.2) is 4.98 Å². The first kappa shape index (κ1) is 20.1. The molecule has 3 aromatic rings. The Labute approximate surface area is 167 Å². The normalized spacial score (nSPS) is 10.9. The van der Waals surface area contributed by atoms with Gasteiger partial charge in [0.1, 0.15) is 5.69 Å². The molecule has 0 aliphatic rings. The van der Waals surface area contributed by atoms with Crippen LogP contribution in [0.25, 0.3) is 11.3 Å². The zero-order valence-corrected chi connectivity index (χ0v) is 16.8. The van der Waals surface area contributed by atoms with E-state index in [1.807, 2.05) is 36.4 Å². The lowest BCUT2D eigenvalue weighted by Crippen LogP contribution is -2.19. The van der Waals surface area contributed by atoms with Gasteiger partial charge < -0.3 is 4.98 Å². The Morgan fingerprint density at radius 2 is 1.46 bits per heavy atom. The summed E-state index contributed by atoms with van der Waals surface area (Å²) in [6, 6.07) is 20.4. The van der Waals surface area contributed by atoms with Crippen molar-refractivity contribution in [2.75, 3.05) is 0 Å². The monoisotopic (exact) mass is 374 g/mol. The highest BCUT2D eigenvalue weighted by molar-refractivity contribution is 5.62.